The molecule has 1 aromatic carbocycles. The Bertz CT molecular complexity index is 998. The molecule has 0 aliphatic rings. The zero-order valence-electron chi connectivity index (χ0n) is 15.5. The second-order valence-corrected chi connectivity index (χ2v) is 8.57. The monoisotopic (exact) mass is 369 g/mol. The van der Waals surface area contributed by atoms with Gasteiger partial charge in [0.05, 0.1) is 11.7 Å². The fourth-order valence-electron chi connectivity index (χ4n) is 2.95. The van der Waals surface area contributed by atoms with E-state index in [1.807, 2.05) is 58.0 Å². The molecular weight excluding hydrogens is 346 g/mol. The third kappa shape index (κ3) is 3.85. The third-order valence-electron chi connectivity index (χ3n) is 4.01. The second-order valence-electron chi connectivity index (χ2n) is 7.37. The zero-order valence-corrected chi connectivity index (χ0v) is 16.3. The Morgan fingerprint density at radius 2 is 1.92 bits per heavy atom. The molecule has 6 heteroatoms. The number of aromatic nitrogens is 2. The molecule has 3 rings (SSSR count). The molecule has 136 valence electrons. The Hall–Kier alpha value is -2.47. The minimum atomic E-state index is -0.283. The van der Waals surface area contributed by atoms with Gasteiger partial charge in [0.15, 0.2) is 0 Å². The van der Waals surface area contributed by atoms with Crippen molar-refractivity contribution >= 4 is 27.5 Å². The smallest absolute Gasteiger partial charge is 0.262 e. The molecular formula is C20H23N3O2S. The SMILES string of the molecule is Cc1sc2ncn(CCC(=O)NC(C)(C)C)c(=O)c2c1-c1ccccc1. The maximum absolute atomic E-state index is 13.0. The summed E-state index contributed by atoms with van der Waals surface area (Å²) < 4.78 is 1.53. The Kier molecular flexibility index (Phi) is 4.96. The average molecular weight is 369 g/mol. The number of hydrogen-bond donors (Lipinski definition) is 1. The Balaban J connectivity index is 1.96. The van der Waals surface area contributed by atoms with Crippen molar-refractivity contribution in [2.75, 3.05) is 0 Å². The summed E-state index contributed by atoms with van der Waals surface area (Å²) in [6.07, 6.45) is 1.79. The molecule has 3 aromatic rings. The van der Waals surface area contributed by atoms with Crippen LogP contribution in [0.25, 0.3) is 21.3 Å². The van der Waals surface area contributed by atoms with Crippen molar-refractivity contribution in [1.29, 1.82) is 0 Å². The Morgan fingerprint density at radius 1 is 1.23 bits per heavy atom. The number of benzene rings is 1. The standard InChI is InChI=1S/C20H23N3O2S/c1-13-16(14-8-6-5-7-9-14)17-18(26-13)21-12-23(19(17)25)11-10-15(24)22-20(2,3)4/h5-9,12H,10-11H2,1-4H3,(H,22,24). The van der Waals surface area contributed by atoms with Crippen LogP contribution in [-0.4, -0.2) is 21.0 Å². The molecule has 0 bridgehead atoms. The molecule has 0 atom stereocenters. The number of rotatable bonds is 4. The van der Waals surface area contributed by atoms with Crippen molar-refractivity contribution in [2.24, 2.45) is 0 Å². The van der Waals surface area contributed by atoms with Gasteiger partial charge in [-0.1, -0.05) is 30.3 Å². The maximum Gasteiger partial charge on any atom is 0.262 e. The van der Waals surface area contributed by atoms with Crippen molar-refractivity contribution < 1.29 is 4.79 Å². The van der Waals surface area contributed by atoms with E-state index in [9.17, 15) is 9.59 Å². The highest BCUT2D eigenvalue weighted by molar-refractivity contribution is 7.19. The molecule has 0 saturated carbocycles. The number of carbonyl (C=O) groups is 1. The highest BCUT2D eigenvalue weighted by Gasteiger charge is 2.18. The van der Waals surface area contributed by atoms with Crippen LogP contribution in [0.1, 0.15) is 32.1 Å². The average Bonchev–Trinajstić information content (AvgIpc) is 2.90. The van der Waals surface area contributed by atoms with Crippen LogP contribution < -0.4 is 10.9 Å². The van der Waals surface area contributed by atoms with Gasteiger partial charge in [0.1, 0.15) is 4.83 Å². The minimum Gasteiger partial charge on any atom is -0.351 e. The first kappa shape index (κ1) is 18.3. The quantitative estimate of drug-likeness (QED) is 0.762. The summed E-state index contributed by atoms with van der Waals surface area (Å²) in [5.41, 5.74) is 1.58. The normalized spacial score (nSPS) is 11.7. The maximum atomic E-state index is 13.0. The van der Waals surface area contributed by atoms with Gasteiger partial charge in [-0.3, -0.25) is 14.2 Å². The number of hydrogen-bond acceptors (Lipinski definition) is 4. The van der Waals surface area contributed by atoms with E-state index in [2.05, 4.69) is 10.3 Å². The molecule has 0 radical (unpaired) electrons. The van der Waals surface area contributed by atoms with E-state index in [1.165, 1.54) is 15.9 Å². The number of fused-ring (bicyclic) bond motifs is 1. The summed E-state index contributed by atoms with van der Waals surface area (Å²) >= 11 is 1.52. The van der Waals surface area contributed by atoms with Gasteiger partial charge in [0, 0.05) is 28.9 Å². The third-order valence-corrected chi connectivity index (χ3v) is 5.02. The van der Waals surface area contributed by atoms with E-state index >= 15 is 0 Å². The van der Waals surface area contributed by atoms with Gasteiger partial charge in [-0.25, -0.2) is 4.98 Å². The number of nitrogens with one attached hydrogen (secondary N) is 1. The van der Waals surface area contributed by atoms with E-state index in [0.29, 0.717) is 11.9 Å². The van der Waals surface area contributed by atoms with Crippen molar-refractivity contribution in [3.8, 4) is 11.1 Å². The molecule has 0 saturated heterocycles. The van der Waals surface area contributed by atoms with E-state index in [4.69, 9.17) is 0 Å². The number of carbonyl (C=O) groups excluding carboxylic acids is 1. The predicted molar refractivity (Wildman–Crippen MR) is 107 cm³/mol. The van der Waals surface area contributed by atoms with E-state index in [1.54, 1.807) is 6.33 Å². The van der Waals surface area contributed by atoms with Crippen LogP contribution >= 0.6 is 11.3 Å². The van der Waals surface area contributed by atoms with Gasteiger partial charge >= 0.3 is 0 Å². The number of thiophene rings is 1. The highest BCUT2D eigenvalue weighted by Crippen LogP contribution is 2.35. The fourth-order valence-corrected chi connectivity index (χ4v) is 3.96. The molecule has 2 aromatic heterocycles. The molecule has 0 aliphatic carbocycles. The lowest BCUT2D eigenvalue weighted by molar-refractivity contribution is -0.122. The lowest BCUT2D eigenvalue weighted by Crippen LogP contribution is -2.41. The number of nitrogens with zero attached hydrogens (tertiary/aromatic N) is 2. The summed E-state index contributed by atoms with van der Waals surface area (Å²) in [4.78, 5) is 31.3. The first-order chi connectivity index (χ1) is 12.3. The van der Waals surface area contributed by atoms with Gasteiger partial charge in [0.2, 0.25) is 5.91 Å². The largest absolute Gasteiger partial charge is 0.351 e. The van der Waals surface area contributed by atoms with Crippen molar-refractivity contribution in [2.45, 2.75) is 46.2 Å². The molecule has 1 N–H and O–H groups in total. The van der Waals surface area contributed by atoms with Crippen molar-refractivity contribution in [1.82, 2.24) is 14.9 Å². The Morgan fingerprint density at radius 3 is 2.58 bits per heavy atom. The van der Waals surface area contributed by atoms with Gasteiger partial charge in [-0.2, -0.15) is 0 Å². The van der Waals surface area contributed by atoms with Crippen LogP contribution in [0.2, 0.25) is 0 Å². The molecule has 26 heavy (non-hydrogen) atoms. The molecule has 1 amide bonds. The van der Waals surface area contributed by atoms with Crippen LogP contribution in [0, 0.1) is 6.92 Å². The topological polar surface area (TPSA) is 64.0 Å². The summed E-state index contributed by atoms with van der Waals surface area (Å²) in [6.45, 7) is 8.13. The van der Waals surface area contributed by atoms with Gasteiger partial charge in [-0.15, -0.1) is 11.3 Å². The van der Waals surface area contributed by atoms with E-state index in [0.717, 1.165) is 20.8 Å². The summed E-state index contributed by atoms with van der Waals surface area (Å²) in [5, 5.41) is 3.55. The van der Waals surface area contributed by atoms with Crippen LogP contribution in [0.15, 0.2) is 41.5 Å². The first-order valence-electron chi connectivity index (χ1n) is 8.61. The molecule has 0 unspecified atom stereocenters. The summed E-state index contributed by atoms with van der Waals surface area (Å²) in [6, 6.07) is 9.88. The summed E-state index contributed by atoms with van der Waals surface area (Å²) in [7, 11) is 0. The van der Waals surface area contributed by atoms with Gasteiger partial charge < -0.3 is 5.32 Å². The summed E-state index contributed by atoms with van der Waals surface area (Å²) in [5.74, 6) is -0.0747. The van der Waals surface area contributed by atoms with Gasteiger partial charge in [0.25, 0.3) is 5.56 Å². The predicted octanol–water partition coefficient (Wildman–Crippen LogP) is 3.74. The first-order valence-corrected chi connectivity index (χ1v) is 9.43. The van der Waals surface area contributed by atoms with Crippen molar-refractivity contribution in [3.63, 3.8) is 0 Å². The van der Waals surface area contributed by atoms with Crippen LogP contribution in [-0.2, 0) is 11.3 Å². The number of amides is 1. The second kappa shape index (κ2) is 7.03. The molecule has 0 aliphatic heterocycles. The van der Waals surface area contributed by atoms with Gasteiger partial charge in [-0.05, 0) is 33.3 Å². The van der Waals surface area contributed by atoms with Crippen LogP contribution in [0.4, 0.5) is 0 Å². The number of aryl methyl sites for hydroxylation is 2. The highest BCUT2D eigenvalue weighted by atomic mass is 32.1. The molecule has 0 fully saturated rings. The minimum absolute atomic E-state index is 0.0747. The van der Waals surface area contributed by atoms with E-state index < -0.39 is 0 Å². The van der Waals surface area contributed by atoms with Crippen LogP contribution in [0.5, 0.6) is 0 Å². The molecule has 0 spiro atoms. The van der Waals surface area contributed by atoms with Crippen molar-refractivity contribution in [3.05, 3.63) is 51.9 Å². The zero-order chi connectivity index (χ0) is 18.9. The van der Waals surface area contributed by atoms with E-state index in [-0.39, 0.29) is 23.4 Å². The van der Waals surface area contributed by atoms with Crippen LogP contribution in [0.3, 0.4) is 0 Å². The lowest BCUT2D eigenvalue weighted by atomic mass is 10.0. The molecule has 2 heterocycles. The molecule has 5 nitrogen and oxygen atoms in total. The fraction of sp³-hybridized carbons (Fsp3) is 0.350. The lowest BCUT2D eigenvalue weighted by Gasteiger charge is -2.20. The Labute approximate surface area is 156 Å².